The van der Waals surface area contributed by atoms with Gasteiger partial charge in [0, 0.05) is 12.1 Å². The van der Waals surface area contributed by atoms with E-state index in [1.807, 2.05) is 0 Å². The molecule has 1 saturated carbocycles. The Morgan fingerprint density at radius 2 is 2.05 bits per heavy atom. The quantitative estimate of drug-likeness (QED) is 0.770. The van der Waals surface area contributed by atoms with E-state index in [0.29, 0.717) is 0 Å². The summed E-state index contributed by atoms with van der Waals surface area (Å²) >= 11 is 1.71. The van der Waals surface area contributed by atoms with Crippen LogP contribution in [0, 0.1) is 12.8 Å². The first-order valence-electron chi connectivity index (χ1n) is 7.36. The number of anilines is 1. The zero-order chi connectivity index (χ0) is 14.2. The molecule has 3 aromatic rings. The van der Waals surface area contributed by atoms with Crippen molar-refractivity contribution in [2.75, 3.05) is 11.9 Å². The summed E-state index contributed by atoms with van der Waals surface area (Å²) in [6.45, 7) is 3.12. The third kappa shape index (κ3) is 2.51. The summed E-state index contributed by atoms with van der Waals surface area (Å²) in [7, 11) is 0. The van der Waals surface area contributed by atoms with Gasteiger partial charge < -0.3 is 5.32 Å². The standard InChI is InChI=1S/C17H17N3S/c1-11-4-2-3-5-13(11)15-16-14(8-9-21-16)19-17(20-15)18-10-12-6-7-12/h2-5,8-9,12H,6-7,10H2,1H3,(H,18,19,20). The van der Waals surface area contributed by atoms with Crippen molar-refractivity contribution >= 4 is 27.5 Å². The van der Waals surface area contributed by atoms with Crippen LogP contribution in [-0.4, -0.2) is 16.5 Å². The Hall–Kier alpha value is -1.94. The van der Waals surface area contributed by atoms with Crippen LogP contribution >= 0.6 is 11.3 Å². The van der Waals surface area contributed by atoms with Crippen molar-refractivity contribution in [3.8, 4) is 11.3 Å². The summed E-state index contributed by atoms with van der Waals surface area (Å²) < 4.78 is 1.17. The molecule has 0 atom stereocenters. The monoisotopic (exact) mass is 295 g/mol. The number of nitrogens with zero attached hydrogens (tertiary/aromatic N) is 2. The molecule has 4 heteroatoms. The van der Waals surface area contributed by atoms with Gasteiger partial charge in [0.05, 0.1) is 15.9 Å². The second-order valence-corrected chi connectivity index (χ2v) is 6.59. The molecule has 1 aliphatic rings. The normalized spacial score (nSPS) is 14.5. The molecule has 0 bridgehead atoms. The van der Waals surface area contributed by atoms with Crippen LogP contribution in [0.4, 0.5) is 5.95 Å². The van der Waals surface area contributed by atoms with E-state index in [4.69, 9.17) is 4.98 Å². The number of thiophene rings is 1. The van der Waals surface area contributed by atoms with Crippen LogP contribution in [0.1, 0.15) is 18.4 Å². The van der Waals surface area contributed by atoms with Crippen molar-refractivity contribution in [2.24, 2.45) is 5.92 Å². The molecular formula is C17H17N3S. The molecule has 21 heavy (non-hydrogen) atoms. The Balaban J connectivity index is 1.81. The number of aromatic nitrogens is 2. The smallest absolute Gasteiger partial charge is 0.223 e. The predicted octanol–water partition coefficient (Wildman–Crippen LogP) is 4.49. The lowest BCUT2D eigenvalue weighted by atomic mass is 10.1. The minimum absolute atomic E-state index is 0.756. The van der Waals surface area contributed by atoms with E-state index < -0.39 is 0 Å². The van der Waals surface area contributed by atoms with Crippen LogP contribution in [0.5, 0.6) is 0 Å². The molecular weight excluding hydrogens is 278 g/mol. The van der Waals surface area contributed by atoms with Gasteiger partial charge >= 0.3 is 0 Å². The molecule has 0 radical (unpaired) electrons. The lowest BCUT2D eigenvalue weighted by molar-refractivity contribution is 0.876. The summed E-state index contributed by atoms with van der Waals surface area (Å²) in [6, 6.07) is 10.5. The number of hydrogen-bond acceptors (Lipinski definition) is 4. The minimum atomic E-state index is 0.756. The Labute approximate surface area is 128 Å². The highest BCUT2D eigenvalue weighted by Gasteiger charge is 2.21. The fraction of sp³-hybridized carbons (Fsp3) is 0.294. The molecule has 0 saturated heterocycles. The van der Waals surface area contributed by atoms with Gasteiger partial charge in [0.2, 0.25) is 5.95 Å². The van der Waals surface area contributed by atoms with Gasteiger partial charge in [-0.15, -0.1) is 11.3 Å². The number of hydrogen-bond donors (Lipinski definition) is 1. The maximum atomic E-state index is 4.79. The van der Waals surface area contributed by atoms with E-state index in [9.17, 15) is 0 Å². The maximum absolute atomic E-state index is 4.79. The van der Waals surface area contributed by atoms with Crippen LogP contribution in [0.15, 0.2) is 35.7 Å². The van der Waals surface area contributed by atoms with Gasteiger partial charge in [-0.1, -0.05) is 24.3 Å². The molecule has 1 N–H and O–H groups in total. The number of aryl methyl sites for hydroxylation is 1. The third-order valence-electron chi connectivity index (χ3n) is 3.95. The van der Waals surface area contributed by atoms with Crippen LogP contribution in [0.25, 0.3) is 21.5 Å². The van der Waals surface area contributed by atoms with Gasteiger partial charge in [-0.2, -0.15) is 0 Å². The van der Waals surface area contributed by atoms with Crippen LogP contribution in [-0.2, 0) is 0 Å². The zero-order valence-corrected chi connectivity index (χ0v) is 12.8. The van der Waals surface area contributed by atoms with Crippen molar-refractivity contribution in [2.45, 2.75) is 19.8 Å². The fourth-order valence-corrected chi connectivity index (χ4v) is 3.36. The second-order valence-electron chi connectivity index (χ2n) is 5.67. The molecule has 2 aromatic heterocycles. The molecule has 1 fully saturated rings. The van der Waals surface area contributed by atoms with Crippen molar-refractivity contribution in [3.05, 3.63) is 41.3 Å². The van der Waals surface area contributed by atoms with Crippen LogP contribution < -0.4 is 5.32 Å². The highest BCUT2D eigenvalue weighted by Crippen LogP contribution is 2.33. The lowest BCUT2D eigenvalue weighted by Crippen LogP contribution is -2.07. The lowest BCUT2D eigenvalue weighted by Gasteiger charge is -2.09. The first-order valence-corrected chi connectivity index (χ1v) is 8.24. The molecule has 0 amide bonds. The van der Waals surface area contributed by atoms with Crippen molar-refractivity contribution in [1.29, 1.82) is 0 Å². The number of benzene rings is 1. The third-order valence-corrected chi connectivity index (χ3v) is 4.86. The van der Waals surface area contributed by atoms with E-state index in [-0.39, 0.29) is 0 Å². The summed E-state index contributed by atoms with van der Waals surface area (Å²) in [5.41, 5.74) is 4.53. The molecule has 3 nitrogen and oxygen atoms in total. The van der Waals surface area contributed by atoms with Crippen LogP contribution in [0.3, 0.4) is 0 Å². The van der Waals surface area contributed by atoms with Gasteiger partial charge in [0.1, 0.15) is 0 Å². The Morgan fingerprint density at radius 1 is 1.19 bits per heavy atom. The van der Waals surface area contributed by atoms with E-state index in [0.717, 1.165) is 29.6 Å². The van der Waals surface area contributed by atoms with Gasteiger partial charge in [0.15, 0.2) is 0 Å². The molecule has 106 valence electrons. The predicted molar refractivity (Wildman–Crippen MR) is 88.8 cm³/mol. The molecule has 0 unspecified atom stereocenters. The van der Waals surface area contributed by atoms with Crippen molar-refractivity contribution < 1.29 is 0 Å². The molecule has 2 heterocycles. The zero-order valence-electron chi connectivity index (χ0n) is 12.0. The molecule has 4 rings (SSSR count). The Morgan fingerprint density at radius 3 is 2.86 bits per heavy atom. The molecule has 1 aliphatic carbocycles. The summed E-state index contributed by atoms with van der Waals surface area (Å²) in [4.78, 5) is 9.43. The highest BCUT2D eigenvalue weighted by atomic mass is 32.1. The largest absolute Gasteiger partial charge is 0.354 e. The Bertz CT molecular complexity index is 790. The molecule has 0 spiro atoms. The van der Waals surface area contributed by atoms with Crippen molar-refractivity contribution in [3.63, 3.8) is 0 Å². The van der Waals surface area contributed by atoms with E-state index in [2.05, 4.69) is 52.9 Å². The minimum Gasteiger partial charge on any atom is -0.354 e. The summed E-state index contributed by atoms with van der Waals surface area (Å²) in [5, 5.41) is 5.49. The average molecular weight is 295 g/mol. The van der Waals surface area contributed by atoms with Gasteiger partial charge in [-0.3, -0.25) is 0 Å². The van der Waals surface area contributed by atoms with Gasteiger partial charge in [-0.25, -0.2) is 9.97 Å². The fourth-order valence-electron chi connectivity index (χ4n) is 2.52. The topological polar surface area (TPSA) is 37.8 Å². The average Bonchev–Trinajstić information content (AvgIpc) is 3.21. The highest BCUT2D eigenvalue weighted by molar-refractivity contribution is 7.17. The molecule has 1 aromatic carbocycles. The van der Waals surface area contributed by atoms with Gasteiger partial charge in [-0.05, 0) is 42.7 Å². The van der Waals surface area contributed by atoms with E-state index in [1.165, 1.54) is 28.7 Å². The second kappa shape index (κ2) is 5.11. The summed E-state index contributed by atoms with van der Waals surface area (Å²) in [6.07, 6.45) is 2.66. The number of fused-ring (bicyclic) bond motifs is 1. The first-order chi connectivity index (χ1) is 10.3. The number of nitrogens with one attached hydrogen (secondary N) is 1. The first kappa shape index (κ1) is 12.8. The number of rotatable bonds is 4. The van der Waals surface area contributed by atoms with E-state index in [1.54, 1.807) is 11.3 Å². The van der Waals surface area contributed by atoms with Gasteiger partial charge in [0.25, 0.3) is 0 Å². The van der Waals surface area contributed by atoms with Crippen LogP contribution in [0.2, 0.25) is 0 Å². The maximum Gasteiger partial charge on any atom is 0.223 e. The Kier molecular flexibility index (Phi) is 3.11. The SMILES string of the molecule is Cc1ccccc1-c1nc(NCC2CC2)nc2ccsc12. The van der Waals surface area contributed by atoms with E-state index >= 15 is 0 Å². The molecule has 0 aliphatic heterocycles. The summed E-state index contributed by atoms with van der Waals surface area (Å²) in [5.74, 6) is 1.57. The van der Waals surface area contributed by atoms with Crippen molar-refractivity contribution in [1.82, 2.24) is 9.97 Å².